The van der Waals surface area contributed by atoms with Crippen molar-refractivity contribution in [3.05, 3.63) is 21.3 Å². The minimum atomic E-state index is 0. The Kier molecular flexibility index (Phi) is 32.6. The summed E-state index contributed by atoms with van der Waals surface area (Å²) in [4.78, 5) is 15.5. The Labute approximate surface area is 233 Å². The molecule has 0 amide bonds. The number of rotatable bonds is 12. The van der Waals surface area contributed by atoms with Gasteiger partial charge < -0.3 is 30.9 Å². The van der Waals surface area contributed by atoms with E-state index in [-0.39, 0.29) is 42.9 Å². The standard InChI is InChI=1S/2C13H28N2.2CHO.Ru/c2*1-8-10(3)12(14-11(4)9-2)15-13(5,6)7;2*1-2;/h2*10-12H,8-9H2,1-7H3;2*1H;/q2*-2;2*-1;+6. The quantitative estimate of drug-likeness (QED) is 0.130. The van der Waals surface area contributed by atoms with Gasteiger partial charge in [-0.15, -0.1) is 23.2 Å². The predicted molar refractivity (Wildman–Crippen MR) is 152 cm³/mol. The first-order chi connectivity index (χ1) is 15.6. The zero-order valence-corrected chi connectivity index (χ0v) is 27.1. The van der Waals surface area contributed by atoms with E-state index in [2.05, 4.69) is 111 Å². The topological polar surface area (TPSA) is 90.5 Å². The van der Waals surface area contributed by atoms with E-state index < -0.39 is 0 Å². The molecule has 0 aromatic rings. The van der Waals surface area contributed by atoms with E-state index in [1.54, 1.807) is 0 Å². The van der Waals surface area contributed by atoms with Gasteiger partial charge in [0.15, 0.2) is 0 Å². The van der Waals surface area contributed by atoms with Crippen LogP contribution in [0.2, 0.25) is 0 Å². The fourth-order valence-corrected chi connectivity index (χ4v) is 2.56. The Bertz CT molecular complexity index is 402. The molecule has 0 aliphatic carbocycles. The molecule has 0 fully saturated rings. The van der Waals surface area contributed by atoms with Crippen molar-refractivity contribution in [3.8, 4) is 0 Å². The third-order valence-corrected chi connectivity index (χ3v) is 5.34. The molecular formula is C28H58N4O2Ru. The van der Waals surface area contributed by atoms with E-state index in [9.17, 15) is 0 Å². The van der Waals surface area contributed by atoms with Gasteiger partial charge in [-0.3, -0.25) is 13.6 Å². The molecule has 0 bridgehead atoms. The maximum absolute atomic E-state index is 7.75. The van der Waals surface area contributed by atoms with Gasteiger partial charge >= 0.3 is 19.5 Å². The smallest absolute Gasteiger partial charge is 0.675 e. The van der Waals surface area contributed by atoms with E-state index >= 15 is 0 Å². The third-order valence-electron chi connectivity index (χ3n) is 5.34. The molecule has 0 radical (unpaired) electrons. The first-order valence-electron chi connectivity index (χ1n) is 12.9. The van der Waals surface area contributed by atoms with Gasteiger partial charge in [0, 0.05) is 0 Å². The van der Waals surface area contributed by atoms with Gasteiger partial charge in [-0.1, -0.05) is 134 Å². The second-order valence-electron chi connectivity index (χ2n) is 11.0. The van der Waals surface area contributed by atoms with Crippen molar-refractivity contribution in [2.75, 3.05) is 0 Å². The number of carbonyl (C=O) groups excluding carboxylic acids is 2. The van der Waals surface area contributed by atoms with Crippen molar-refractivity contribution in [1.82, 2.24) is 0 Å². The van der Waals surface area contributed by atoms with Gasteiger partial charge in [0.05, 0.1) is 0 Å². The maximum Gasteiger partial charge on any atom is 6.00 e. The van der Waals surface area contributed by atoms with Gasteiger partial charge in [-0.05, 0) is 0 Å². The average Bonchev–Trinajstić information content (AvgIpc) is 2.78. The molecule has 35 heavy (non-hydrogen) atoms. The molecule has 0 N–H and O–H groups in total. The Morgan fingerprint density at radius 3 is 0.914 bits per heavy atom. The van der Waals surface area contributed by atoms with Crippen LogP contribution in [0.3, 0.4) is 0 Å². The Morgan fingerprint density at radius 1 is 0.543 bits per heavy atom. The van der Waals surface area contributed by atoms with Crippen LogP contribution in [0.5, 0.6) is 0 Å². The van der Waals surface area contributed by atoms with Gasteiger partial charge in [0.2, 0.25) is 0 Å². The molecular weight excluding hydrogens is 525 g/mol. The SMILES string of the molecule is CCC(C)[N-]C([N-]C(C)(C)C)C(C)CC.CCC(C)[N-]C([N-]C(C)(C)C)C(C)CC.[CH-]=O.[CH-]=O.[Ru+6]. The molecule has 0 saturated carbocycles. The summed E-state index contributed by atoms with van der Waals surface area (Å²) in [5.74, 6) is 1.11. The van der Waals surface area contributed by atoms with Crippen LogP contribution in [0.25, 0.3) is 21.3 Å². The molecule has 6 nitrogen and oxygen atoms in total. The summed E-state index contributed by atoms with van der Waals surface area (Å²) in [6.45, 7) is 37.0. The predicted octanol–water partition coefficient (Wildman–Crippen LogP) is 8.86. The van der Waals surface area contributed by atoms with E-state index in [0.29, 0.717) is 23.9 Å². The number of nitrogens with zero attached hydrogens (tertiary/aromatic N) is 4. The minimum absolute atomic E-state index is 0. The zero-order valence-electron chi connectivity index (χ0n) is 25.4. The summed E-state index contributed by atoms with van der Waals surface area (Å²) in [7, 11) is 0. The first-order valence-corrected chi connectivity index (χ1v) is 12.9. The van der Waals surface area contributed by atoms with E-state index in [0.717, 1.165) is 25.7 Å². The Morgan fingerprint density at radius 2 is 0.771 bits per heavy atom. The normalized spacial score (nSPS) is 16.2. The fraction of sp³-hybridized carbons (Fsp3) is 0.929. The van der Waals surface area contributed by atoms with Gasteiger partial charge in [0.25, 0.3) is 0 Å². The van der Waals surface area contributed by atoms with Crippen molar-refractivity contribution in [1.29, 1.82) is 0 Å². The van der Waals surface area contributed by atoms with E-state index in [1.807, 2.05) is 0 Å². The van der Waals surface area contributed by atoms with Crippen molar-refractivity contribution in [2.45, 2.75) is 158 Å². The third kappa shape index (κ3) is 29.9. The summed E-state index contributed by atoms with van der Waals surface area (Å²) >= 11 is 0. The molecule has 0 rings (SSSR count). The Balaban J connectivity index is -0.000000146. The average molecular weight is 584 g/mol. The minimum Gasteiger partial charge on any atom is -0.675 e. The molecule has 0 saturated heterocycles. The maximum atomic E-state index is 7.75. The molecule has 6 unspecified atom stereocenters. The van der Waals surface area contributed by atoms with Gasteiger partial charge in [-0.2, -0.15) is 0 Å². The Hall–Kier alpha value is -0.197. The van der Waals surface area contributed by atoms with Crippen molar-refractivity contribution >= 4 is 13.6 Å². The van der Waals surface area contributed by atoms with Crippen LogP contribution in [0.4, 0.5) is 0 Å². The van der Waals surface area contributed by atoms with Crippen molar-refractivity contribution in [2.24, 2.45) is 11.8 Å². The van der Waals surface area contributed by atoms with Crippen LogP contribution in [0.15, 0.2) is 0 Å². The second kappa shape index (κ2) is 25.5. The summed E-state index contributed by atoms with van der Waals surface area (Å²) in [6, 6.07) is 0.852. The summed E-state index contributed by atoms with van der Waals surface area (Å²) in [5.41, 5.74) is 0.0378. The van der Waals surface area contributed by atoms with Crippen molar-refractivity contribution in [3.63, 3.8) is 0 Å². The number of hydrogen-bond acceptors (Lipinski definition) is 2. The molecule has 0 aromatic heterocycles. The van der Waals surface area contributed by atoms with Crippen LogP contribution >= 0.6 is 0 Å². The van der Waals surface area contributed by atoms with Crippen LogP contribution < -0.4 is 0 Å². The molecule has 0 aliphatic rings. The molecule has 0 aliphatic heterocycles. The summed E-state index contributed by atoms with van der Waals surface area (Å²) in [5, 5.41) is 19.2. The van der Waals surface area contributed by atoms with Crippen LogP contribution in [0.1, 0.15) is 123 Å². The number of hydrogen-bond donors (Lipinski definition) is 0. The molecule has 7 heteroatoms. The van der Waals surface area contributed by atoms with Gasteiger partial charge in [0.1, 0.15) is 0 Å². The molecule has 0 aromatic carbocycles. The van der Waals surface area contributed by atoms with Crippen LogP contribution in [-0.2, 0) is 29.1 Å². The molecule has 0 spiro atoms. The second-order valence-corrected chi connectivity index (χ2v) is 11.0. The first kappa shape index (κ1) is 44.8. The fourth-order valence-electron chi connectivity index (χ4n) is 2.56. The zero-order chi connectivity index (χ0) is 28.1. The van der Waals surface area contributed by atoms with Crippen LogP contribution in [-0.4, -0.2) is 49.1 Å². The molecule has 210 valence electrons. The molecule has 0 heterocycles. The van der Waals surface area contributed by atoms with E-state index in [1.165, 1.54) is 0 Å². The summed E-state index contributed by atoms with van der Waals surface area (Å²) in [6.07, 6.45) is 4.84. The molecule has 6 atom stereocenters. The van der Waals surface area contributed by atoms with Gasteiger partial charge in [-0.25, -0.2) is 12.3 Å². The van der Waals surface area contributed by atoms with Crippen LogP contribution in [0, 0.1) is 11.8 Å². The largest absolute Gasteiger partial charge is 6.00 e. The van der Waals surface area contributed by atoms with E-state index in [4.69, 9.17) is 30.9 Å². The monoisotopic (exact) mass is 584 g/mol. The summed E-state index contributed by atoms with van der Waals surface area (Å²) < 4.78 is 0. The van der Waals surface area contributed by atoms with Crippen molar-refractivity contribution < 1.29 is 29.1 Å².